The van der Waals surface area contributed by atoms with Crippen molar-refractivity contribution in [2.45, 2.75) is 58.4 Å². The van der Waals surface area contributed by atoms with Crippen LogP contribution in [0.2, 0.25) is 0 Å². The number of benzene rings is 1. The van der Waals surface area contributed by atoms with Gasteiger partial charge in [0.15, 0.2) is 0 Å². The predicted molar refractivity (Wildman–Crippen MR) is 76.7 cm³/mol. The number of rotatable bonds is 5. The molecule has 1 aromatic carbocycles. The highest BCUT2D eigenvalue weighted by atomic mass is 14.9. The molecular weight excluding hydrogens is 206 g/mol. The molecular formula is C16H27N. The van der Waals surface area contributed by atoms with Gasteiger partial charge in [-0.1, -0.05) is 52.0 Å². The van der Waals surface area contributed by atoms with E-state index >= 15 is 0 Å². The van der Waals surface area contributed by atoms with Crippen molar-refractivity contribution in [3.8, 4) is 0 Å². The van der Waals surface area contributed by atoms with E-state index in [1.54, 1.807) is 0 Å². The van der Waals surface area contributed by atoms with Crippen molar-refractivity contribution < 1.29 is 0 Å². The quantitative estimate of drug-likeness (QED) is 0.808. The summed E-state index contributed by atoms with van der Waals surface area (Å²) in [6, 6.07) is 9.67. The molecule has 1 unspecified atom stereocenters. The van der Waals surface area contributed by atoms with Crippen molar-refractivity contribution in [2.75, 3.05) is 7.05 Å². The Labute approximate surface area is 107 Å². The van der Waals surface area contributed by atoms with Crippen LogP contribution >= 0.6 is 0 Å². The summed E-state index contributed by atoms with van der Waals surface area (Å²) in [5.41, 5.74) is 3.09. The SMILES string of the molecule is CNC(C)CC(C)(C)c1ccc(C(C)C)cc1. The van der Waals surface area contributed by atoms with E-state index < -0.39 is 0 Å². The summed E-state index contributed by atoms with van der Waals surface area (Å²) in [5.74, 6) is 0.614. The largest absolute Gasteiger partial charge is 0.317 e. The molecule has 0 heterocycles. The highest BCUT2D eigenvalue weighted by molar-refractivity contribution is 5.29. The Morgan fingerprint density at radius 3 is 2.00 bits per heavy atom. The van der Waals surface area contributed by atoms with Crippen LogP contribution in [0.15, 0.2) is 24.3 Å². The first kappa shape index (κ1) is 14.2. The van der Waals surface area contributed by atoms with Crippen molar-refractivity contribution in [2.24, 2.45) is 0 Å². The second-order valence-corrected chi connectivity index (χ2v) is 6.05. The van der Waals surface area contributed by atoms with Crippen LogP contribution in [0.5, 0.6) is 0 Å². The van der Waals surface area contributed by atoms with Crippen LogP contribution in [0.4, 0.5) is 0 Å². The van der Waals surface area contributed by atoms with Crippen molar-refractivity contribution in [3.63, 3.8) is 0 Å². The van der Waals surface area contributed by atoms with Gasteiger partial charge in [0.1, 0.15) is 0 Å². The standard InChI is InChI=1S/C16H27N/c1-12(2)14-7-9-15(10-8-14)16(4,5)11-13(3)17-6/h7-10,12-13,17H,11H2,1-6H3. The molecule has 1 nitrogen and oxygen atoms in total. The number of hydrogen-bond acceptors (Lipinski definition) is 1. The minimum Gasteiger partial charge on any atom is -0.317 e. The van der Waals surface area contributed by atoms with Crippen LogP contribution in [0.25, 0.3) is 0 Å². The molecule has 96 valence electrons. The van der Waals surface area contributed by atoms with Crippen LogP contribution in [0.1, 0.15) is 58.1 Å². The van der Waals surface area contributed by atoms with Crippen LogP contribution in [0.3, 0.4) is 0 Å². The molecule has 0 aliphatic heterocycles. The maximum atomic E-state index is 3.32. The molecule has 1 rings (SSSR count). The topological polar surface area (TPSA) is 12.0 Å². The van der Waals surface area contributed by atoms with Crippen molar-refractivity contribution >= 4 is 0 Å². The molecule has 0 aliphatic rings. The summed E-state index contributed by atoms with van der Waals surface area (Å²) in [6.45, 7) is 11.4. The molecule has 0 aromatic heterocycles. The van der Waals surface area contributed by atoms with Gasteiger partial charge in [-0.2, -0.15) is 0 Å². The smallest absolute Gasteiger partial charge is 0.00440 e. The fourth-order valence-electron chi connectivity index (χ4n) is 2.30. The molecule has 1 atom stereocenters. The lowest BCUT2D eigenvalue weighted by molar-refractivity contribution is 0.405. The summed E-state index contributed by atoms with van der Waals surface area (Å²) in [5, 5.41) is 3.32. The van der Waals surface area contributed by atoms with E-state index in [1.807, 2.05) is 7.05 Å². The fraction of sp³-hybridized carbons (Fsp3) is 0.625. The summed E-state index contributed by atoms with van der Waals surface area (Å²) >= 11 is 0. The first-order chi connectivity index (χ1) is 7.86. The van der Waals surface area contributed by atoms with Crippen LogP contribution in [-0.2, 0) is 5.41 Å². The molecule has 0 fully saturated rings. The molecule has 0 aliphatic carbocycles. The lowest BCUT2D eigenvalue weighted by Gasteiger charge is -2.29. The monoisotopic (exact) mass is 233 g/mol. The van der Waals surface area contributed by atoms with Gasteiger partial charge >= 0.3 is 0 Å². The van der Waals surface area contributed by atoms with Gasteiger partial charge < -0.3 is 5.32 Å². The van der Waals surface area contributed by atoms with E-state index in [-0.39, 0.29) is 5.41 Å². The Balaban J connectivity index is 2.84. The first-order valence-corrected chi connectivity index (χ1v) is 6.64. The molecule has 0 amide bonds. The average molecular weight is 233 g/mol. The summed E-state index contributed by atoms with van der Waals surface area (Å²) in [6.07, 6.45) is 1.16. The zero-order chi connectivity index (χ0) is 13.1. The Bertz CT molecular complexity index is 335. The molecule has 0 spiro atoms. The maximum absolute atomic E-state index is 3.32. The molecule has 1 heteroatoms. The molecule has 0 saturated carbocycles. The maximum Gasteiger partial charge on any atom is 0.00440 e. The van der Waals surface area contributed by atoms with Crippen LogP contribution in [0, 0.1) is 0 Å². The third kappa shape index (κ3) is 3.85. The summed E-state index contributed by atoms with van der Waals surface area (Å²) < 4.78 is 0. The highest BCUT2D eigenvalue weighted by Gasteiger charge is 2.22. The lowest BCUT2D eigenvalue weighted by Crippen LogP contribution is -2.30. The van der Waals surface area contributed by atoms with Gasteiger partial charge in [0, 0.05) is 6.04 Å². The zero-order valence-corrected chi connectivity index (χ0v) is 12.2. The van der Waals surface area contributed by atoms with E-state index in [9.17, 15) is 0 Å². The fourth-order valence-corrected chi connectivity index (χ4v) is 2.30. The predicted octanol–water partition coefficient (Wildman–Crippen LogP) is 4.09. The van der Waals surface area contributed by atoms with E-state index in [2.05, 4.69) is 64.2 Å². The minimum absolute atomic E-state index is 0.234. The third-order valence-electron chi connectivity index (χ3n) is 3.67. The second-order valence-electron chi connectivity index (χ2n) is 6.05. The van der Waals surface area contributed by atoms with Gasteiger partial charge in [0.2, 0.25) is 0 Å². The minimum atomic E-state index is 0.234. The highest BCUT2D eigenvalue weighted by Crippen LogP contribution is 2.29. The third-order valence-corrected chi connectivity index (χ3v) is 3.67. The second kappa shape index (κ2) is 5.68. The summed E-state index contributed by atoms with van der Waals surface area (Å²) in [4.78, 5) is 0. The Hall–Kier alpha value is -0.820. The Morgan fingerprint density at radius 1 is 1.06 bits per heavy atom. The van der Waals surface area contributed by atoms with Crippen LogP contribution in [-0.4, -0.2) is 13.1 Å². The molecule has 0 radical (unpaired) electrons. The average Bonchev–Trinajstić information content (AvgIpc) is 2.28. The molecule has 1 aromatic rings. The van der Waals surface area contributed by atoms with E-state index in [0.29, 0.717) is 12.0 Å². The Morgan fingerprint density at radius 2 is 1.59 bits per heavy atom. The van der Waals surface area contributed by atoms with E-state index in [0.717, 1.165) is 6.42 Å². The first-order valence-electron chi connectivity index (χ1n) is 6.64. The van der Waals surface area contributed by atoms with Gasteiger partial charge in [0.05, 0.1) is 0 Å². The molecule has 0 saturated heterocycles. The van der Waals surface area contributed by atoms with Crippen molar-refractivity contribution in [1.82, 2.24) is 5.32 Å². The number of hydrogen-bond donors (Lipinski definition) is 1. The molecule has 17 heavy (non-hydrogen) atoms. The molecule has 0 bridgehead atoms. The van der Waals surface area contributed by atoms with E-state index in [4.69, 9.17) is 0 Å². The van der Waals surface area contributed by atoms with Crippen LogP contribution < -0.4 is 5.32 Å². The van der Waals surface area contributed by atoms with Gasteiger partial charge in [-0.25, -0.2) is 0 Å². The van der Waals surface area contributed by atoms with Gasteiger partial charge in [0.25, 0.3) is 0 Å². The zero-order valence-electron chi connectivity index (χ0n) is 12.2. The van der Waals surface area contributed by atoms with E-state index in [1.165, 1.54) is 11.1 Å². The van der Waals surface area contributed by atoms with Crippen molar-refractivity contribution in [1.29, 1.82) is 0 Å². The normalized spacial score (nSPS) is 14.1. The molecule has 1 N–H and O–H groups in total. The van der Waals surface area contributed by atoms with Gasteiger partial charge in [-0.15, -0.1) is 0 Å². The van der Waals surface area contributed by atoms with Gasteiger partial charge in [-0.05, 0) is 42.9 Å². The van der Waals surface area contributed by atoms with Crippen molar-refractivity contribution in [3.05, 3.63) is 35.4 Å². The summed E-state index contributed by atoms with van der Waals surface area (Å²) in [7, 11) is 2.03. The Kier molecular flexibility index (Phi) is 4.76. The van der Waals surface area contributed by atoms with Gasteiger partial charge in [-0.3, -0.25) is 0 Å². The number of nitrogens with one attached hydrogen (secondary N) is 1. The lowest BCUT2D eigenvalue weighted by atomic mass is 9.79.